The number of carbonyl (C=O) groups is 1. The highest BCUT2D eigenvalue weighted by Gasteiger charge is 2.13. The lowest BCUT2D eigenvalue weighted by Gasteiger charge is -2.12. The first-order valence-corrected chi connectivity index (χ1v) is 8.17. The van der Waals surface area contributed by atoms with Crippen molar-refractivity contribution in [3.63, 3.8) is 0 Å². The third-order valence-electron chi connectivity index (χ3n) is 3.12. The summed E-state index contributed by atoms with van der Waals surface area (Å²) in [5, 5.41) is 3.47. The van der Waals surface area contributed by atoms with Gasteiger partial charge in [-0.25, -0.2) is 0 Å². The molecule has 22 heavy (non-hydrogen) atoms. The molecule has 0 aromatic heterocycles. The number of methoxy groups -OCH3 is 1. The predicted octanol–water partition coefficient (Wildman–Crippen LogP) is 4.15. The van der Waals surface area contributed by atoms with E-state index in [9.17, 15) is 4.79 Å². The summed E-state index contributed by atoms with van der Waals surface area (Å²) in [4.78, 5) is 13.2. The molecule has 1 atom stereocenters. The first kappa shape index (κ1) is 16.7. The van der Waals surface area contributed by atoms with Crippen molar-refractivity contribution in [1.29, 1.82) is 0 Å². The summed E-state index contributed by atoms with van der Waals surface area (Å²) in [6.07, 6.45) is 0. The summed E-state index contributed by atoms with van der Waals surface area (Å²) in [5.74, 6) is 0.817. The van der Waals surface area contributed by atoms with Gasteiger partial charge in [0.2, 0.25) is 5.91 Å². The van der Waals surface area contributed by atoms with Crippen LogP contribution in [0.5, 0.6) is 5.75 Å². The Morgan fingerprint density at radius 3 is 2.41 bits per heavy atom. The fourth-order valence-electron chi connectivity index (χ4n) is 1.85. The number of nitrogens with one attached hydrogen (secondary N) is 1. The smallest absolute Gasteiger partial charge is 0.233 e. The van der Waals surface area contributed by atoms with Gasteiger partial charge >= 0.3 is 0 Å². The predicted molar refractivity (Wildman–Crippen MR) is 91.6 cm³/mol. The molecular weight excluding hydrogens is 318 g/mol. The van der Waals surface area contributed by atoms with Gasteiger partial charge in [0.25, 0.3) is 0 Å². The van der Waals surface area contributed by atoms with E-state index in [2.05, 4.69) is 5.32 Å². The monoisotopic (exact) mass is 335 g/mol. The standard InChI is InChI=1S/C17H18ClNO2S/c1-12(22-16-9-5-14(18)6-10-16)17(20)19-11-13-3-7-15(21-2)8-4-13/h3-10,12H,11H2,1-2H3,(H,19,20)/t12-/m1/s1. The molecule has 0 aliphatic rings. The van der Waals surface area contributed by atoms with Crippen molar-refractivity contribution < 1.29 is 9.53 Å². The van der Waals surface area contributed by atoms with Crippen molar-refractivity contribution in [2.75, 3.05) is 7.11 Å². The van der Waals surface area contributed by atoms with Gasteiger partial charge in [-0.05, 0) is 48.9 Å². The molecule has 0 spiro atoms. The first-order chi connectivity index (χ1) is 10.6. The highest BCUT2D eigenvalue weighted by molar-refractivity contribution is 8.00. The summed E-state index contributed by atoms with van der Waals surface area (Å²) < 4.78 is 5.11. The SMILES string of the molecule is COc1ccc(CNC(=O)[C@@H](C)Sc2ccc(Cl)cc2)cc1. The van der Waals surface area contributed by atoms with Crippen molar-refractivity contribution in [3.05, 3.63) is 59.1 Å². The van der Waals surface area contributed by atoms with Crippen LogP contribution in [0.25, 0.3) is 0 Å². The molecule has 0 saturated heterocycles. The molecule has 0 aliphatic heterocycles. The summed E-state index contributed by atoms with van der Waals surface area (Å²) in [5.41, 5.74) is 1.04. The summed E-state index contributed by atoms with van der Waals surface area (Å²) >= 11 is 7.36. The Hall–Kier alpha value is -1.65. The number of amides is 1. The van der Waals surface area contributed by atoms with Crippen LogP contribution in [0, 0.1) is 0 Å². The van der Waals surface area contributed by atoms with Gasteiger partial charge < -0.3 is 10.1 Å². The Morgan fingerprint density at radius 2 is 1.82 bits per heavy atom. The lowest BCUT2D eigenvalue weighted by atomic mass is 10.2. The summed E-state index contributed by atoms with van der Waals surface area (Å²) in [6.45, 7) is 2.40. The zero-order chi connectivity index (χ0) is 15.9. The van der Waals surface area contributed by atoms with E-state index in [4.69, 9.17) is 16.3 Å². The van der Waals surface area contributed by atoms with Crippen LogP contribution in [0.4, 0.5) is 0 Å². The minimum Gasteiger partial charge on any atom is -0.497 e. The van der Waals surface area contributed by atoms with E-state index in [1.54, 1.807) is 7.11 Å². The minimum absolute atomic E-state index is 0.00997. The van der Waals surface area contributed by atoms with Crippen molar-refractivity contribution in [2.45, 2.75) is 23.6 Å². The van der Waals surface area contributed by atoms with Crippen molar-refractivity contribution in [3.8, 4) is 5.75 Å². The average molecular weight is 336 g/mol. The molecule has 0 unspecified atom stereocenters. The fourth-order valence-corrected chi connectivity index (χ4v) is 2.86. The van der Waals surface area contributed by atoms with E-state index in [0.29, 0.717) is 11.6 Å². The molecule has 0 bridgehead atoms. The van der Waals surface area contributed by atoms with Crippen LogP contribution in [-0.2, 0) is 11.3 Å². The van der Waals surface area contributed by atoms with Crippen LogP contribution < -0.4 is 10.1 Å². The molecule has 0 aliphatic carbocycles. The quantitative estimate of drug-likeness (QED) is 0.806. The number of hydrogen-bond donors (Lipinski definition) is 1. The largest absolute Gasteiger partial charge is 0.497 e. The van der Waals surface area contributed by atoms with Crippen LogP contribution >= 0.6 is 23.4 Å². The molecule has 0 heterocycles. The molecule has 0 fully saturated rings. The van der Waals surface area contributed by atoms with Crippen molar-refractivity contribution >= 4 is 29.3 Å². The topological polar surface area (TPSA) is 38.3 Å². The Bertz CT molecular complexity index is 614. The fraction of sp³-hybridized carbons (Fsp3) is 0.235. The molecule has 2 aromatic rings. The Kier molecular flexibility index (Phi) is 6.16. The Balaban J connectivity index is 1.84. The van der Waals surface area contributed by atoms with Gasteiger partial charge in [-0.3, -0.25) is 4.79 Å². The number of thioether (sulfide) groups is 1. The second kappa shape index (κ2) is 8.11. The van der Waals surface area contributed by atoms with E-state index >= 15 is 0 Å². The second-order valence-corrected chi connectivity index (χ2v) is 6.63. The minimum atomic E-state index is -0.167. The molecule has 116 valence electrons. The zero-order valence-corrected chi connectivity index (χ0v) is 14.1. The molecule has 2 aromatic carbocycles. The molecule has 0 saturated carbocycles. The Morgan fingerprint density at radius 1 is 1.18 bits per heavy atom. The van der Waals surface area contributed by atoms with Gasteiger partial charge in [0, 0.05) is 16.5 Å². The number of halogens is 1. The van der Waals surface area contributed by atoms with Gasteiger partial charge in [-0.15, -0.1) is 11.8 Å². The maximum atomic E-state index is 12.1. The molecule has 5 heteroatoms. The molecule has 3 nitrogen and oxygen atoms in total. The van der Waals surface area contributed by atoms with E-state index in [0.717, 1.165) is 16.2 Å². The number of carbonyl (C=O) groups excluding carboxylic acids is 1. The maximum Gasteiger partial charge on any atom is 0.233 e. The van der Waals surface area contributed by atoms with Gasteiger partial charge in [0.1, 0.15) is 5.75 Å². The number of rotatable bonds is 6. The molecule has 0 radical (unpaired) electrons. The van der Waals surface area contributed by atoms with Crippen molar-refractivity contribution in [2.24, 2.45) is 0 Å². The molecule has 1 amide bonds. The van der Waals surface area contributed by atoms with E-state index in [1.807, 2.05) is 55.5 Å². The second-order valence-electron chi connectivity index (χ2n) is 4.78. The van der Waals surface area contributed by atoms with Gasteiger partial charge in [-0.1, -0.05) is 23.7 Å². The molecule has 2 rings (SSSR count). The third kappa shape index (κ3) is 4.97. The van der Waals surface area contributed by atoms with Crippen LogP contribution in [0.2, 0.25) is 5.02 Å². The summed E-state index contributed by atoms with van der Waals surface area (Å²) in [6, 6.07) is 15.1. The highest BCUT2D eigenvalue weighted by atomic mass is 35.5. The summed E-state index contributed by atoms with van der Waals surface area (Å²) in [7, 11) is 1.63. The zero-order valence-electron chi connectivity index (χ0n) is 12.5. The first-order valence-electron chi connectivity index (χ1n) is 6.91. The normalized spacial score (nSPS) is 11.8. The van der Waals surface area contributed by atoms with Crippen molar-refractivity contribution in [1.82, 2.24) is 5.32 Å². The van der Waals surface area contributed by atoms with Gasteiger partial charge in [-0.2, -0.15) is 0 Å². The maximum absolute atomic E-state index is 12.1. The number of benzene rings is 2. The van der Waals surface area contributed by atoms with Crippen LogP contribution in [-0.4, -0.2) is 18.3 Å². The van der Waals surface area contributed by atoms with Gasteiger partial charge in [0.15, 0.2) is 0 Å². The highest BCUT2D eigenvalue weighted by Crippen LogP contribution is 2.24. The molecular formula is C17H18ClNO2S. The van der Waals surface area contributed by atoms with Crippen LogP contribution in [0.3, 0.4) is 0 Å². The van der Waals surface area contributed by atoms with Crippen LogP contribution in [0.15, 0.2) is 53.4 Å². The van der Waals surface area contributed by atoms with Gasteiger partial charge in [0.05, 0.1) is 12.4 Å². The Labute approximate surface area is 140 Å². The lowest BCUT2D eigenvalue weighted by Crippen LogP contribution is -2.30. The number of hydrogen-bond acceptors (Lipinski definition) is 3. The third-order valence-corrected chi connectivity index (χ3v) is 4.49. The molecule has 1 N–H and O–H groups in total. The lowest BCUT2D eigenvalue weighted by molar-refractivity contribution is -0.120. The van der Waals surface area contributed by atoms with E-state index in [-0.39, 0.29) is 11.2 Å². The number of ether oxygens (including phenoxy) is 1. The van der Waals surface area contributed by atoms with E-state index in [1.165, 1.54) is 11.8 Å². The van der Waals surface area contributed by atoms with Crippen LogP contribution in [0.1, 0.15) is 12.5 Å². The van der Waals surface area contributed by atoms with E-state index < -0.39 is 0 Å². The average Bonchev–Trinajstić information content (AvgIpc) is 2.55.